The Morgan fingerprint density at radius 1 is 1.41 bits per heavy atom. The summed E-state index contributed by atoms with van der Waals surface area (Å²) in [6.07, 6.45) is 0.948. The van der Waals surface area contributed by atoms with Gasteiger partial charge >= 0.3 is 5.97 Å². The fourth-order valence-electron chi connectivity index (χ4n) is 1.21. The number of hydrogen-bond acceptors (Lipinski definition) is 6. The topological polar surface area (TPSA) is 82.6 Å². The number of esters is 1. The summed E-state index contributed by atoms with van der Waals surface area (Å²) in [6.45, 7) is 1.49. The third-order valence-corrected chi connectivity index (χ3v) is 2.39. The second-order valence-corrected chi connectivity index (χ2v) is 5.09. The van der Waals surface area contributed by atoms with Crippen LogP contribution in [0.5, 0.6) is 0 Å². The molecule has 0 aromatic carbocycles. The maximum absolute atomic E-state index is 11.3. The summed E-state index contributed by atoms with van der Waals surface area (Å²) < 4.78 is 30.8. The molecule has 0 saturated heterocycles. The third kappa shape index (κ3) is 4.49. The average molecular weight is 259 g/mol. The van der Waals surface area contributed by atoms with Crippen molar-refractivity contribution in [2.45, 2.75) is 13.5 Å². The van der Waals surface area contributed by atoms with Crippen LogP contribution in [0.25, 0.3) is 0 Å². The SMILES string of the molecule is COC(=O)c1cc(C)nc(COS(C)(=O)=O)c1. The molecule has 0 fully saturated rings. The maximum Gasteiger partial charge on any atom is 0.337 e. The molecule has 1 aromatic rings. The van der Waals surface area contributed by atoms with Crippen molar-refractivity contribution in [3.8, 4) is 0 Å². The Hall–Kier alpha value is -1.47. The van der Waals surface area contributed by atoms with Crippen LogP contribution in [0.4, 0.5) is 0 Å². The molecule has 1 heterocycles. The number of aryl methyl sites for hydroxylation is 1. The van der Waals surface area contributed by atoms with E-state index in [0.29, 0.717) is 17.0 Å². The third-order valence-electron chi connectivity index (χ3n) is 1.85. The van der Waals surface area contributed by atoms with Crippen LogP contribution in [-0.4, -0.2) is 32.7 Å². The molecule has 0 amide bonds. The first-order valence-corrected chi connectivity index (χ1v) is 6.54. The normalized spacial score (nSPS) is 11.2. The molecule has 0 atom stereocenters. The molecule has 0 aliphatic rings. The van der Waals surface area contributed by atoms with Crippen LogP contribution in [0, 0.1) is 6.92 Å². The van der Waals surface area contributed by atoms with Gasteiger partial charge in [0, 0.05) is 5.69 Å². The number of ether oxygens (including phenoxy) is 1. The number of methoxy groups -OCH3 is 1. The first-order valence-electron chi connectivity index (χ1n) is 4.72. The van der Waals surface area contributed by atoms with Gasteiger partial charge < -0.3 is 4.74 Å². The Balaban J connectivity index is 2.94. The zero-order valence-electron chi connectivity index (χ0n) is 9.76. The van der Waals surface area contributed by atoms with Crippen LogP contribution < -0.4 is 0 Å². The average Bonchev–Trinajstić information content (AvgIpc) is 2.23. The van der Waals surface area contributed by atoms with Gasteiger partial charge in [-0.2, -0.15) is 8.42 Å². The summed E-state index contributed by atoms with van der Waals surface area (Å²) >= 11 is 0. The van der Waals surface area contributed by atoms with Gasteiger partial charge in [0.05, 0.1) is 24.6 Å². The standard InChI is InChI=1S/C10H13NO5S/c1-7-4-8(10(12)15-2)5-9(11-7)6-16-17(3,13)14/h4-5H,6H2,1-3H3. The van der Waals surface area contributed by atoms with Crippen molar-refractivity contribution >= 4 is 16.1 Å². The number of nitrogens with zero attached hydrogens (tertiary/aromatic N) is 1. The van der Waals surface area contributed by atoms with E-state index in [1.54, 1.807) is 13.0 Å². The second kappa shape index (κ2) is 5.24. The maximum atomic E-state index is 11.3. The highest BCUT2D eigenvalue weighted by Gasteiger charge is 2.10. The molecule has 17 heavy (non-hydrogen) atoms. The summed E-state index contributed by atoms with van der Waals surface area (Å²) in [5.41, 5.74) is 1.25. The van der Waals surface area contributed by atoms with Crippen molar-refractivity contribution in [1.82, 2.24) is 4.98 Å². The molecule has 1 aromatic heterocycles. The largest absolute Gasteiger partial charge is 0.465 e. The van der Waals surface area contributed by atoms with Crippen molar-refractivity contribution in [3.63, 3.8) is 0 Å². The van der Waals surface area contributed by atoms with Gasteiger partial charge in [-0.3, -0.25) is 9.17 Å². The Kier molecular flexibility index (Phi) is 4.19. The second-order valence-electron chi connectivity index (χ2n) is 3.45. The molecular weight excluding hydrogens is 246 g/mol. The molecule has 0 aliphatic heterocycles. The summed E-state index contributed by atoms with van der Waals surface area (Å²) in [5, 5.41) is 0. The Morgan fingerprint density at radius 3 is 2.59 bits per heavy atom. The summed E-state index contributed by atoms with van der Waals surface area (Å²) in [7, 11) is -2.26. The van der Waals surface area contributed by atoms with Crippen LogP contribution in [0.2, 0.25) is 0 Å². The lowest BCUT2D eigenvalue weighted by molar-refractivity contribution is 0.0600. The molecule has 0 spiro atoms. The Morgan fingerprint density at radius 2 is 2.06 bits per heavy atom. The molecule has 0 bridgehead atoms. The van der Waals surface area contributed by atoms with E-state index in [9.17, 15) is 13.2 Å². The molecule has 0 N–H and O–H groups in total. The lowest BCUT2D eigenvalue weighted by Gasteiger charge is -2.05. The first-order chi connectivity index (χ1) is 7.81. The van der Waals surface area contributed by atoms with Crippen LogP contribution in [0.15, 0.2) is 12.1 Å². The van der Waals surface area contributed by atoms with Crippen molar-refractivity contribution < 1.29 is 22.1 Å². The minimum absolute atomic E-state index is 0.204. The van der Waals surface area contributed by atoms with Gasteiger partial charge in [-0.25, -0.2) is 4.79 Å². The van der Waals surface area contributed by atoms with E-state index in [0.717, 1.165) is 6.26 Å². The van der Waals surface area contributed by atoms with E-state index in [-0.39, 0.29) is 6.61 Å². The van der Waals surface area contributed by atoms with Gasteiger partial charge in [0.1, 0.15) is 6.61 Å². The van der Waals surface area contributed by atoms with E-state index >= 15 is 0 Å². The lowest BCUT2D eigenvalue weighted by Crippen LogP contribution is -2.08. The van der Waals surface area contributed by atoms with E-state index in [4.69, 9.17) is 0 Å². The Bertz CT molecular complexity index is 523. The molecule has 6 nitrogen and oxygen atoms in total. The van der Waals surface area contributed by atoms with Crippen LogP contribution >= 0.6 is 0 Å². The van der Waals surface area contributed by atoms with Crippen molar-refractivity contribution in [1.29, 1.82) is 0 Å². The molecule has 0 saturated carbocycles. The highest BCUT2D eigenvalue weighted by atomic mass is 32.2. The van der Waals surface area contributed by atoms with Crippen LogP contribution in [0.1, 0.15) is 21.7 Å². The van der Waals surface area contributed by atoms with Crippen molar-refractivity contribution in [2.75, 3.05) is 13.4 Å². The predicted molar refractivity (Wildman–Crippen MR) is 59.9 cm³/mol. The number of carbonyl (C=O) groups is 1. The van der Waals surface area contributed by atoms with Gasteiger partial charge in [-0.05, 0) is 19.1 Å². The smallest absolute Gasteiger partial charge is 0.337 e. The summed E-state index contributed by atoms with van der Waals surface area (Å²) in [4.78, 5) is 15.4. The molecule has 0 radical (unpaired) electrons. The van der Waals surface area contributed by atoms with Gasteiger partial charge in [0.15, 0.2) is 0 Å². The first kappa shape index (κ1) is 13.6. The molecule has 0 unspecified atom stereocenters. The number of aromatic nitrogens is 1. The predicted octanol–water partition coefficient (Wildman–Crippen LogP) is 0.653. The van der Waals surface area contributed by atoms with Crippen molar-refractivity contribution in [2.24, 2.45) is 0 Å². The molecule has 0 aliphatic carbocycles. The fraction of sp³-hybridized carbons (Fsp3) is 0.400. The minimum Gasteiger partial charge on any atom is -0.465 e. The minimum atomic E-state index is -3.53. The quantitative estimate of drug-likeness (QED) is 0.583. The van der Waals surface area contributed by atoms with Gasteiger partial charge in [0.2, 0.25) is 0 Å². The van der Waals surface area contributed by atoms with Crippen molar-refractivity contribution in [3.05, 3.63) is 29.1 Å². The zero-order valence-corrected chi connectivity index (χ0v) is 10.6. The van der Waals surface area contributed by atoms with Crippen LogP contribution in [-0.2, 0) is 25.6 Å². The van der Waals surface area contributed by atoms with E-state index in [1.807, 2.05) is 0 Å². The highest BCUT2D eigenvalue weighted by molar-refractivity contribution is 7.85. The number of rotatable bonds is 4. The summed E-state index contributed by atoms with van der Waals surface area (Å²) in [5.74, 6) is -0.504. The number of pyridine rings is 1. The van der Waals surface area contributed by atoms with E-state index in [1.165, 1.54) is 13.2 Å². The Labute approximate surface area is 99.7 Å². The fourth-order valence-corrected chi connectivity index (χ4v) is 1.55. The zero-order chi connectivity index (χ0) is 13.1. The van der Waals surface area contributed by atoms with E-state index < -0.39 is 16.1 Å². The summed E-state index contributed by atoms with van der Waals surface area (Å²) in [6, 6.07) is 2.99. The van der Waals surface area contributed by atoms with Gasteiger partial charge in [0.25, 0.3) is 10.1 Å². The number of hydrogen-bond donors (Lipinski definition) is 0. The van der Waals surface area contributed by atoms with Gasteiger partial charge in [-0.1, -0.05) is 0 Å². The van der Waals surface area contributed by atoms with Gasteiger partial charge in [-0.15, -0.1) is 0 Å². The number of carbonyl (C=O) groups excluding carboxylic acids is 1. The molecule has 7 heteroatoms. The highest BCUT2D eigenvalue weighted by Crippen LogP contribution is 2.09. The van der Waals surface area contributed by atoms with Crippen LogP contribution in [0.3, 0.4) is 0 Å². The molecule has 94 valence electrons. The molecular formula is C10H13NO5S. The lowest BCUT2D eigenvalue weighted by atomic mass is 10.2. The van der Waals surface area contributed by atoms with E-state index in [2.05, 4.69) is 13.9 Å². The monoisotopic (exact) mass is 259 g/mol. The molecule has 1 rings (SSSR count).